The highest BCUT2D eigenvalue weighted by atomic mass is 15.3. The van der Waals surface area contributed by atoms with Crippen molar-refractivity contribution < 1.29 is 0 Å². The van der Waals surface area contributed by atoms with E-state index in [0.29, 0.717) is 12.6 Å². The summed E-state index contributed by atoms with van der Waals surface area (Å²) >= 11 is 0. The van der Waals surface area contributed by atoms with Crippen molar-refractivity contribution >= 4 is 5.96 Å². The second-order valence-electron chi connectivity index (χ2n) is 7.52. The lowest BCUT2D eigenvalue weighted by molar-refractivity contribution is 0.306. The highest BCUT2D eigenvalue weighted by Gasteiger charge is 2.16. The lowest BCUT2D eigenvalue weighted by Crippen LogP contribution is -2.42. The summed E-state index contributed by atoms with van der Waals surface area (Å²) in [5.74, 6) is 1.67. The average molecular weight is 351 g/mol. The number of nitrogens with one attached hydrogen (secondary N) is 2. The zero-order valence-corrected chi connectivity index (χ0v) is 17.2. The molecule has 0 aliphatic rings. The van der Waals surface area contributed by atoms with Crippen LogP contribution in [0.2, 0.25) is 0 Å². The summed E-state index contributed by atoms with van der Waals surface area (Å²) in [7, 11) is 6.12. The molecule has 0 bridgehead atoms. The van der Waals surface area contributed by atoms with E-state index in [0.717, 1.165) is 18.4 Å². The van der Waals surface area contributed by atoms with Gasteiger partial charge in [-0.3, -0.25) is 9.67 Å². The molecule has 0 saturated carbocycles. The van der Waals surface area contributed by atoms with Gasteiger partial charge in [-0.15, -0.1) is 0 Å². The third-order valence-electron chi connectivity index (χ3n) is 4.30. The van der Waals surface area contributed by atoms with E-state index in [1.165, 1.54) is 24.8 Å². The molecule has 0 aliphatic heterocycles. The first-order valence-electron chi connectivity index (χ1n) is 9.53. The van der Waals surface area contributed by atoms with Crippen LogP contribution in [-0.4, -0.2) is 53.9 Å². The maximum Gasteiger partial charge on any atom is 0.191 e. The van der Waals surface area contributed by atoms with Gasteiger partial charge < -0.3 is 15.5 Å². The zero-order chi connectivity index (χ0) is 18.8. The van der Waals surface area contributed by atoms with Gasteiger partial charge in [-0.05, 0) is 40.3 Å². The number of hydrogen-bond donors (Lipinski definition) is 2. The molecule has 1 aromatic rings. The summed E-state index contributed by atoms with van der Waals surface area (Å²) in [5.41, 5.74) is 1.19. The summed E-state index contributed by atoms with van der Waals surface area (Å²) < 4.78 is 1.84. The number of nitrogens with zero attached hydrogens (tertiary/aromatic N) is 4. The summed E-state index contributed by atoms with van der Waals surface area (Å²) in [6.07, 6.45) is 7.69. The topological polar surface area (TPSA) is 57.5 Å². The molecule has 0 aliphatic carbocycles. The Kier molecular flexibility index (Phi) is 9.57. The fraction of sp³-hybridized carbons (Fsp3) is 0.789. The van der Waals surface area contributed by atoms with E-state index in [9.17, 15) is 0 Å². The highest BCUT2D eigenvalue weighted by Crippen LogP contribution is 2.17. The molecule has 6 nitrogen and oxygen atoms in total. The SMILES string of the molecule is CCNC(=NCC(c1cnn(C)c1)N(C)C)NC(C)CCCC(C)C. The van der Waals surface area contributed by atoms with Gasteiger partial charge in [-0.1, -0.05) is 26.7 Å². The van der Waals surface area contributed by atoms with Crippen LogP contribution in [0.25, 0.3) is 0 Å². The molecule has 0 radical (unpaired) electrons. The predicted molar refractivity (Wildman–Crippen MR) is 107 cm³/mol. The third kappa shape index (κ3) is 8.38. The molecule has 1 aromatic heterocycles. The Labute approximate surface area is 154 Å². The largest absolute Gasteiger partial charge is 0.357 e. The summed E-state index contributed by atoms with van der Waals surface area (Å²) in [5, 5.41) is 11.2. The molecule has 2 N–H and O–H groups in total. The zero-order valence-electron chi connectivity index (χ0n) is 17.2. The predicted octanol–water partition coefficient (Wildman–Crippen LogP) is 2.79. The van der Waals surface area contributed by atoms with Crippen LogP contribution in [0, 0.1) is 5.92 Å². The van der Waals surface area contributed by atoms with Crippen molar-refractivity contribution in [2.75, 3.05) is 27.2 Å². The molecule has 25 heavy (non-hydrogen) atoms. The smallest absolute Gasteiger partial charge is 0.191 e. The quantitative estimate of drug-likeness (QED) is 0.503. The minimum Gasteiger partial charge on any atom is -0.357 e. The molecule has 0 amide bonds. The van der Waals surface area contributed by atoms with E-state index in [2.05, 4.69) is 68.6 Å². The van der Waals surface area contributed by atoms with Crippen LogP contribution in [0.5, 0.6) is 0 Å². The van der Waals surface area contributed by atoms with E-state index in [-0.39, 0.29) is 6.04 Å². The van der Waals surface area contributed by atoms with Crippen LogP contribution in [-0.2, 0) is 7.05 Å². The molecule has 0 aromatic carbocycles. The molecule has 144 valence electrons. The van der Waals surface area contributed by atoms with E-state index >= 15 is 0 Å². The summed E-state index contributed by atoms with van der Waals surface area (Å²) in [6.45, 7) is 10.5. The molecular weight excluding hydrogens is 312 g/mol. The Balaban J connectivity index is 2.65. The number of guanidine groups is 1. The second kappa shape index (κ2) is 11.1. The fourth-order valence-electron chi connectivity index (χ4n) is 2.81. The Morgan fingerprint density at radius 3 is 2.52 bits per heavy atom. The molecule has 0 fully saturated rings. The second-order valence-corrected chi connectivity index (χ2v) is 7.52. The number of aryl methyl sites for hydroxylation is 1. The van der Waals surface area contributed by atoms with Gasteiger partial charge in [0.1, 0.15) is 0 Å². The van der Waals surface area contributed by atoms with E-state index in [4.69, 9.17) is 4.99 Å². The number of aromatic nitrogens is 2. The molecule has 1 rings (SSSR count). The van der Waals surface area contributed by atoms with Crippen molar-refractivity contribution in [1.29, 1.82) is 0 Å². The van der Waals surface area contributed by atoms with Crippen LogP contribution in [0.4, 0.5) is 0 Å². The van der Waals surface area contributed by atoms with Gasteiger partial charge in [0.25, 0.3) is 0 Å². The van der Waals surface area contributed by atoms with Crippen molar-refractivity contribution in [3.63, 3.8) is 0 Å². The van der Waals surface area contributed by atoms with Crippen LogP contribution in [0.3, 0.4) is 0 Å². The average Bonchev–Trinajstić information content (AvgIpc) is 2.93. The Bertz CT molecular complexity index is 506. The maximum atomic E-state index is 4.82. The number of likely N-dealkylation sites (N-methyl/N-ethyl adjacent to an activating group) is 1. The minimum atomic E-state index is 0.223. The van der Waals surface area contributed by atoms with Crippen molar-refractivity contribution in [1.82, 2.24) is 25.3 Å². The molecule has 0 saturated heterocycles. The monoisotopic (exact) mass is 350 g/mol. The Morgan fingerprint density at radius 1 is 1.28 bits per heavy atom. The third-order valence-corrected chi connectivity index (χ3v) is 4.30. The minimum absolute atomic E-state index is 0.223. The van der Waals surface area contributed by atoms with E-state index in [1.54, 1.807) is 0 Å². The normalized spacial score (nSPS) is 14.8. The lowest BCUT2D eigenvalue weighted by atomic mass is 10.0. The standard InChI is InChI=1S/C19H38N6/c1-8-20-19(23-16(4)11-9-10-15(2)3)21-13-18(24(5)6)17-12-22-25(7)14-17/h12,14-16,18H,8-11,13H2,1-7H3,(H2,20,21,23). The highest BCUT2D eigenvalue weighted by molar-refractivity contribution is 5.80. The van der Waals surface area contributed by atoms with Gasteiger partial charge in [-0.2, -0.15) is 5.10 Å². The number of hydrogen-bond acceptors (Lipinski definition) is 3. The molecule has 1 heterocycles. The molecule has 2 atom stereocenters. The van der Waals surface area contributed by atoms with Crippen molar-refractivity contribution in [3.8, 4) is 0 Å². The van der Waals surface area contributed by atoms with Gasteiger partial charge in [-0.25, -0.2) is 0 Å². The first-order chi connectivity index (χ1) is 11.8. The van der Waals surface area contributed by atoms with Crippen LogP contribution < -0.4 is 10.6 Å². The van der Waals surface area contributed by atoms with Gasteiger partial charge in [0.15, 0.2) is 5.96 Å². The van der Waals surface area contributed by atoms with Gasteiger partial charge in [0, 0.05) is 31.4 Å². The number of aliphatic imine (C=N–C) groups is 1. The van der Waals surface area contributed by atoms with Crippen molar-refractivity contribution in [3.05, 3.63) is 18.0 Å². The lowest BCUT2D eigenvalue weighted by Gasteiger charge is -2.23. The Morgan fingerprint density at radius 2 is 2.00 bits per heavy atom. The Hall–Kier alpha value is -1.56. The van der Waals surface area contributed by atoms with Crippen LogP contribution in [0.1, 0.15) is 58.6 Å². The van der Waals surface area contributed by atoms with Gasteiger partial charge in [0.05, 0.1) is 18.8 Å². The van der Waals surface area contributed by atoms with Crippen molar-refractivity contribution in [2.24, 2.45) is 18.0 Å². The van der Waals surface area contributed by atoms with Gasteiger partial charge >= 0.3 is 0 Å². The fourth-order valence-corrected chi connectivity index (χ4v) is 2.81. The summed E-state index contributed by atoms with van der Waals surface area (Å²) in [6, 6.07) is 0.646. The van der Waals surface area contributed by atoms with E-state index in [1.807, 2.05) is 17.9 Å². The molecule has 0 spiro atoms. The van der Waals surface area contributed by atoms with E-state index < -0.39 is 0 Å². The first kappa shape index (κ1) is 21.5. The summed E-state index contributed by atoms with van der Waals surface area (Å²) in [4.78, 5) is 7.01. The van der Waals surface area contributed by atoms with Crippen molar-refractivity contribution in [2.45, 2.75) is 59.0 Å². The number of rotatable bonds is 10. The van der Waals surface area contributed by atoms with Crippen LogP contribution >= 0.6 is 0 Å². The molecule has 6 heteroatoms. The van der Waals surface area contributed by atoms with Crippen LogP contribution in [0.15, 0.2) is 17.4 Å². The van der Waals surface area contributed by atoms with Gasteiger partial charge in [0.2, 0.25) is 0 Å². The molecular formula is C19H38N6. The first-order valence-corrected chi connectivity index (χ1v) is 9.53. The maximum absolute atomic E-state index is 4.82. The molecule has 2 unspecified atom stereocenters.